The Morgan fingerprint density at radius 2 is 1.40 bits per heavy atom. The van der Waals surface area contributed by atoms with Crippen molar-refractivity contribution in [3.63, 3.8) is 0 Å². The molecule has 2 fully saturated rings. The van der Waals surface area contributed by atoms with Crippen LogP contribution in [0.15, 0.2) is 65.8 Å². The van der Waals surface area contributed by atoms with Gasteiger partial charge in [0.2, 0.25) is 12.2 Å². The Kier molecular flexibility index (Phi) is 13.5. The number of ether oxygens (including phenoxy) is 8. The lowest BCUT2D eigenvalue weighted by molar-refractivity contribution is -0.349. The summed E-state index contributed by atoms with van der Waals surface area (Å²) in [4.78, 5) is 15.4. The van der Waals surface area contributed by atoms with Crippen LogP contribution in [0.4, 0.5) is 0 Å². The monoisotopic (exact) mass is 714 g/mol. The van der Waals surface area contributed by atoms with E-state index < -0.39 is 77.0 Å². The number of carbonyl (C=O) groups excluding carboxylic acids is 1. The maximum Gasteiger partial charge on any atom is 0.303 e. The van der Waals surface area contributed by atoms with E-state index in [1.54, 1.807) is 13.8 Å². The predicted molar refractivity (Wildman–Crippen MR) is 172 cm³/mol. The van der Waals surface area contributed by atoms with Crippen LogP contribution in [0.5, 0.6) is 0 Å². The normalized spacial score (nSPS) is 31.0. The number of rotatable bonds is 12. The Morgan fingerprint density at radius 1 is 0.851 bits per heavy atom. The van der Waals surface area contributed by atoms with Gasteiger partial charge in [-0.05, 0) is 30.5 Å². The lowest BCUT2D eigenvalue weighted by Gasteiger charge is -2.48. The van der Waals surface area contributed by atoms with Gasteiger partial charge in [-0.1, -0.05) is 101 Å². The van der Waals surface area contributed by atoms with Crippen LogP contribution in [0.25, 0.3) is 10.4 Å². The minimum absolute atomic E-state index is 0.152. The molecule has 47 heavy (non-hydrogen) atoms. The van der Waals surface area contributed by atoms with Crippen LogP contribution in [0.2, 0.25) is 0 Å². The average Bonchev–Trinajstić information content (AvgIpc) is 3.03. The van der Waals surface area contributed by atoms with Crippen LogP contribution in [-0.2, 0) is 55.9 Å². The van der Waals surface area contributed by atoms with Gasteiger partial charge in [-0.3, -0.25) is 10.2 Å². The van der Waals surface area contributed by atoms with Gasteiger partial charge in [0.1, 0.15) is 24.4 Å². The molecule has 0 radical (unpaired) electrons. The molecule has 10 atom stereocenters. The second-order valence-corrected chi connectivity index (χ2v) is 13.2. The van der Waals surface area contributed by atoms with Gasteiger partial charge >= 0.3 is 5.97 Å². The third-order valence-electron chi connectivity index (χ3n) is 7.60. The molecule has 2 aliphatic rings. The zero-order chi connectivity index (χ0) is 34.1. The minimum Gasteiger partial charge on any atom is -0.453 e. The molecule has 2 aromatic rings. The second-order valence-electron chi connectivity index (χ2n) is 11.0. The fraction of sp³-hybridized carbons (Fsp3) is 0.548. The first-order valence-electron chi connectivity index (χ1n) is 14.8. The second kappa shape index (κ2) is 17.1. The quantitative estimate of drug-likeness (QED) is 0.0526. The molecule has 2 aliphatic heterocycles. The van der Waals surface area contributed by atoms with E-state index in [0.29, 0.717) is 0 Å². The highest BCUT2D eigenvalue weighted by Gasteiger charge is 2.54. The lowest BCUT2D eigenvalue weighted by atomic mass is 9.95. The van der Waals surface area contributed by atoms with Crippen LogP contribution in [0, 0.1) is 5.41 Å². The summed E-state index contributed by atoms with van der Waals surface area (Å²) in [5, 5.41) is 12.1. The number of nitrogens with one attached hydrogen (secondary N) is 1. The van der Waals surface area contributed by atoms with Crippen molar-refractivity contribution in [3.05, 3.63) is 82.2 Å². The Bertz CT molecular complexity index is 1370. The summed E-state index contributed by atoms with van der Waals surface area (Å²) in [6.45, 7) is 4.95. The molecule has 2 aromatic carbocycles. The molecule has 2 saturated heterocycles. The van der Waals surface area contributed by atoms with Crippen molar-refractivity contribution >= 4 is 46.7 Å². The molecule has 13 nitrogen and oxygen atoms in total. The van der Waals surface area contributed by atoms with Crippen LogP contribution in [0.1, 0.15) is 31.9 Å². The van der Waals surface area contributed by atoms with Crippen molar-refractivity contribution in [2.24, 2.45) is 5.11 Å². The Morgan fingerprint density at radius 3 is 1.91 bits per heavy atom. The van der Waals surface area contributed by atoms with Crippen molar-refractivity contribution < 1.29 is 42.7 Å². The SMILES string of the molecule is CO[C@H]1C(O[C@H]2C(OC(C)=O)[C@H](OC(=N)C(Cl)(Cl)Cl)OC(C)[C@@H]2OCc2ccccc2)OC(C)[C@H](N=[N+]=[N-])[C@@H]1OCc1ccccc1. The predicted octanol–water partition coefficient (Wildman–Crippen LogP) is 6.02. The molecule has 0 aromatic heterocycles. The zero-order valence-corrected chi connectivity index (χ0v) is 28.4. The van der Waals surface area contributed by atoms with Crippen molar-refractivity contribution in [1.29, 1.82) is 5.41 Å². The van der Waals surface area contributed by atoms with Gasteiger partial charge in [0, 0.05) is 18.9 Å². The molecule has 1 N–H and O–H groups in total. The van der Waals surface area contributed by atoms with E-state index in [-0.39, 0.29) is 13.2 Å². The molecular weight excluding hydrogens is 679 g/mol. The number of alkyl halides is 3. The highest BCUT2D eigenvalue weighted by atomic mass is 35.6. The molecule has 0 spiro atoms. The van der Waals surface area contributed by atoms with E-state index in [2.05, 4.69) is 10.0 Å². The highest BCUT2D eigenvalue weighted by Crippen LogP contribution is 2.37. The molecule has 4 unspecified atom stereocenters. The van der Waals surface area contributed by atoms with Crippen LogP contribution >= 0.6 is 34.8 Å². The molecule has 0 bridgehead atoms. The molecule has 4 rings (SSSR count). The van der Waals surface area contributed by atoms with Crippen molar-refractivity contribution in [2.45, 2.75) is 99.1 Å². The number of halogens is 3. The lowest BCUT2D eigenvalue weighted by Crippen LogP contribution is -2.65. The van der Waals surface area contributed by atoms with Gasteiger partial charge in [0.05, 0.1) is 31.5 Å². The van der Waals surface area contributed by atoms with Gasteiger partial charge < -0.3 is 37.9 Å². The number of esters is 1. The van der Waals surface area contributed by atoms with Crippen molar-refractivity contribution in [2.75, 3.05) is 7.11 Å². The van der Waals surface area contributed by atoms with Gasteiger partial charge in [0.25, 0.3) is 3.79 Å². The Hall–Kier alpha value is -2.68. The molecular formula is C31H37Cl3N4O9. The largest absolute Gasteiger partial charge is 0.453 e. The van der Waals surface area contributed by atoms with Crippen molar-refractivity contribution in [1.82, 2.24) is 0 Å². The number of nitrogens with zero attached hydrogens (tertiary/aromatic N) is 3. The fourth-order valence-corrected chi connectivity index (χ4v) is 5.53. The summed E-state index contributed by atoms with van der Waals surface area (Å²) >= 11 is 17.7. The first kappa shape index (κ1) is 37.1. The van der Waals surface area contributed by atoms with E-state index in [4.69, 9.17) is 78.1 Å². The van der Waals surface area contributed by atoms with E-state index in [0.717, 1.165) is 11.1 Å². The molecule has 0 amide bonds. The smallest absolute Gasteiger partial charge is 0.303 e. The van der Waals surface area contributed by atoms with Crippen LogP contribution < -0.4 is 0 Å². The minimum atomic E-state index is -2.23. The van der Waals surface area contributed by atoms with Crippen LogP contribution in [-0.4, -0.2) is 84.1 Å². The summed E-state index contributed by atoms with van der Waals surface area (Å²) in [6, 6.07) is 18.1. The number of methoxy groups -OCH3 is 1. The van der Waals surface area contributed by atoms with E-state index >= 15 is 0 Å². The first-order valence-corrected chi connectivity index (χ1v) is 15.9. The molecule has 256 valence electrons. The molecule has 0 saturated carbocycles. The van der Waals surface area contributed by atoms with Crippen molar-refractivity contribution in [3.8, 4) is 0 Å². The number of benzene rings is 2. The van der Waals surface area contributed by atoms with E-state index in [1.165, 1.54) is 14.0 Å². The topological polar surface area (TPSA) is 164 Å². The van der Waals surface area contributed by atoms with Gasteiger partial charge in [0.15, 0.2) is 12.4 Å². The number of azide groups is 1. The summed E-state index contributed by atoms with van der Waals surface area (Å²) in [6.07, 6.45) is -9.17. The highest BCUT2D eigenvalue weighted by molar-refractivity contribution is 6.76. The summed E-state index contributed by atoms with van der Waals surface area (Å²) < 4.78 is 46.4. The summed E-state index contributed by atoms with van der Waals surface area (Å²) in [5.41, 5.74) is 11.1. The van der Waals surface area contributed by atoms with E-state index in [1.807, 2.05) is 60.7 Å². The molecule has 16 heteroatoms. The Labute approximate surface area is 287 Å². The zero-order valence-electron chi connectivity index (χ0n) is 26.1. The van der Waals surface area contributed by atoms with Gasteiger partial charge in [-0.15, -0.1) is 0 Å². The maximum absolute atomic E-state index is 12.4. The number of hydrogen-bond donors (Lipinski definition) is 1. The summed E-state index contributed by atoms with van der Waals surface area (Å²) in [5.74, 6) is -1.46. The van der Waals surface area contributed by atoms with E-state index in [9.17, 15) is 10.3 Å². The standard InChI is InChI=1S/C31H37Cl3N4O9/c1-17-22(37-38-36)24(42-16-21-13-9-6-10-14-21)26(40-4)28(43-17)46-25-23(41-15-20-11-7-5-8-12-20)18(2)44-29(27(25)45-19(3)39)47-30(35)31(32,33)34/h5-14,17-18,22-29,35H,15-16H2,1-4H3/t17?,18?,22-,23-,24-,25+,26+,27?,28?,29-/m0/s1. The number of carbonyl (C=O) groups is 1. The summed E-state index contributed by atoms with van der Waals surface area (Å²) in [7, 11) is 1.44. The third kappa shape index (κ3) is 9.93. The van der Waals surface area contributed by atoms with Gasteiger partial charge in [-0.2, -0.15) is 0 Å². The first-order chi connectivity index (χ1) is 22.4. The average molecular weight is 716 g/mol. The Balaban J connectivity index is 1.69. The van der Waals surface area contributed by atoms with Crippen LogP contribution in [0.3, 0.4) is 0 Å². The fourth-order valence-electron chi connectivity index (χ4n) is 5.39. The maximum atomic E-state index is 12.4. The molecule has 2 heterocycles. The van der Waals surface area contributed by atoms with Gasteiger partial charge in [-0.25, -0.2) is 0 Å². The molecule has 0 aliphatic carbocycles. The number of hydrogen-bond acceptors (Lipinski definition) is 11. The third-order valence-corrected chi connectivity index (χ3v) is 8.11.